The topological polar surface area (TPSA) is 73.2 Å². The van der Waals surface area contributed by atoms with Crippen LogP contribution in [0.2, 0.25) is 0 Å². The maximum absolute atomic E-state index is 13.2. The summed E-state index contributed by atoms with van der Waals surface area (Å²) in [6.07, 6.45) is 3.53. The number of carboxylic acids is 1. The van der Waals surface area contributed by atoms with Gasteiger partial charge in [0.2, 0.25) is 0 Å². The molecule has 0 aromatic heterocycles. The molecule has 186 valence electrons. The number of rotatable bonds is 5. The van der Waals surface area contributed by atoms with Crippen molar-refractivity contribution in [3.05, 3.63) is 120 Å². The van der Waals surface area contributed by atoms with Crippen molar-refractivity contribution in [3.8, 4) is 11.1 Å². The Labute approximate surface area is 220 Å². The van der Waals surface area contributed by atoms with Crippen molar-refractivity contribution in [1.82, 2.24) is 0 Å². The number of amides is 1. The van der Waals surface area contributed by atoms with Crippen molar-refractivity contribution in [2.24, 2.45) is 5.10 Å². The third-order valence-electron chi connectivity index (χ3n) is 6.88. The van der Waals surface area contributed by atoms with Gasteiger partial charge in [-0.3, -0.25) is 4.79 Å². The van der Waals surface area contributed by atoms with Crippen LogP contribution in [0.15, 0.2) is 114 Å². The molecule has 0 saturated heterocycles. The van der Waals surface area contributed by atoms with Crippen LogP contribution in [0.25, 0.3) is 17.2 Å². The van der Waals surface area contributed by atoms with E-state index in [1.54, 1.807) is 30.3 Å². The normalized spacial score (nSPS) is 15.9. The lowest BCUT2D eigenvalue weighted by atomic mass is 9.96. The van der Waals surface area contributed by atoms with E-state index in [4.69, 9.17) is 0 Å². The predicted molar refractivity (Wildman–Crippen MR) is 151 cm³/mol. The van der Waals surface area contributed by atoms with E-state index in [2.05, 4.69) is 52.5 Å². The van der Waals surface area contributed by atoms with Gasteiger partial charge in [0.05, 0.1) is 11.3 Å². The second kappa shape index (κ2) is 9.82. The zero-order valence-electron chi connectivity index (χ0n) is 20.6. The molecule has 0 radical (unpaired) electrons. The Bertz CT molecular complexity index is 1590. The highest BCUT2D eigenvalue weighted by Crippen LogP contribution is 2.36. The number of aryl methyl sites for hydroxylation is 1. The van der Waals surface area contributed by atoms with Gasteiger partial charge in [-0.05, 0) is 77.6 Å². The number of carbonyl (C=O) groups is 2. The molecule has 2 aliphatic heterocycles. The Hall–Kier alpha value is -4.97. The standard InChI is InChI=1S/C32H25N3O3/c36-31-28(30(32(37)38)33-35(31)26-13-5-2-6-14-26)20-22-16-17-29-25(19-22)12-8-18-34(29)27-15-7-11-24(21-27)23-9-3-1-4-10-23/h1-7,9-11,13-17,19-21H,8,12,18H2,(H,37,38)/b28-20-. The Morgan fingerprint density at radius 1 is 0.816 bits per heavy atom. The first-order chi connectivity index (χ1) is 18.6. The zero-order chi connectivity index (χ0) is 26.1. The van der Waals surface area contributed by atoms with E-state index in [-0.39, 0.29) is 11.3 Å². The summed E-state index contributed by atoms with van der Waals surface area (Å²) >= 11 is 0. The van der Waals surface area contributed by atoms with E-state index in [9.17, 15) is 14.7 Å². The summed E-state index contributed by atoms with van der Waals surface area (Å²) < 4.78 is 0. The highest BCUT2D eigenvalue weighted by atomic mass is 16.4. The monoisotopic (exact) mass is 499 g/mol. The van der Waals surface area contributed by atoms with Gasteiger partial charge in [-0.2, -0.15) is 10.1 Å². The molecule has 0 bridgehead atoms. The predicted octanol–water partition coefficient (Wildman–Crippen LogP) is 6.31. The molecule has 1 N–H and O–H groups in total. The molecule has 4 aromatic rings. The number of carbonyl (C=O) groups excluding carboxylic acids is 1. The summed E-state index contributed by atoms with van der Waals surface area (Å²) in [6.45, 7) is 0.909. The third kappa shape index (κ3) is 4.37. The van der Waals surface area contributed by atoms with Gasteiger partial charge in [0.25, 0.3) is 5.91 Å². The summed E-state index contributed by atoms with van der Waals surface area (Å²) in [5, 5.41) is 15.0. The minimum absolute atomic E-state index is 0.0736. The number of hydrogen-bond donors (Lipinski definition) is 1. The summed E-state index contributed by atoms with van der Waals surface area (Å²) in [4.78, 5) is 27.4. The average Bonchev–Trinajstić information content (AvgIpc) is 3.29. The Balaban J connectivity index is 1.33. The lowest BCUT2D eigenvalue weighted by Crippen LogP contribution is -2.24. The SMILES string of the molecule is O=C(O)C1=NN(c2ccccc2)C(=O)/C1=C\c1ccc2c(c1)CCCN2c1cccc(-c2ccccc2)c1. The summed E-state index contributed by atoms with van der Waals surface area (Å²) in [7, 11) is 0. The number of nitrogens with zero attached hydrogens (tertiary/aromatic N) is 3. The molecule has 0 fully saturated rings. The molecule has 0 aliphatic carbocycles. The number of aliphatic carboxylic acids is 1. The van der Waals surface area contributed by atoms with Gasteiger partial charge in [-0.15, -0.1) is 0 Å². The van der Waals surface area contributed by atoms with Crippen LogP contribution in [0.1, 0.15) is 17.5 Å². The molecule has 6 heteroatoms. The van der Waals surface area contributed by atoms with Crippen molar-refractivity contribution < 1.29 is 14.7 Å². The summed E-state index contributed by atoms with van der Waals surface area (Å²) in [5.41, 5.74) is 6.88. The summed E-state index contributed by atoms with van der Waals surface area (Å²) in [5.74, 6) is -1.68. The van der Waals surface area contributed by atoms with E-state index in [0.717, 1.165) is 46.9 Å². The van der Waals surface area contributed by atoms with Crippen LogP contribution in [-0.2, 0) is 16.0 Å². The highest BCUT2D eigenvalue weighted by molar-refractivity contribution is 6.53. The second-order valence-corrected chi connectivity index (χ2v) is 9.32. The van der Waals surface area contributed by atoms with Gasteiger partial charge < -0.3 is 10.0 Å². The number of hydrazone groups is 1. The molecule has 2 aliphatic rings. The van der Waals surface area contributed by atoms with Crippen molar-refractivity contribution in [3.63, 3.8) is 0 Å². The maximum Gasteiger partial charge on any atom is 0.357 e. The average molecular weight is 500 g/mol. The van der Waals surface area contributed by atoms with Gasteiger partial charge in [-0.25, -0.2) is 4.79 Å². The first-order valence-corrected chi connectivity index (χ1v) is 12.6. The van der Waals surface area contributed by atoms with E-state index >= 15 is 0 Å². The number of para-hydroxylation sites is 1. The number of fused-ring (bicyclic) bond motifs is 1. The quantitative estimate of drug-likeness (QED) is 0.327. The molecular formula is C32H25N3O3. The number of hydrogen-bond acceptors (Lipinski definition) is 4. The molecule has 6 rings (SSSR count). The fourth-order valence-corrected chi connectivity index (χ4v) is 5.07. The van der Waals surface area contributed by atoms with Crippen LogP contribution in [0.3, 0.4) is 0 Å². The second-order valence-electron chi connectivity index (χ2n) is 9.32. The third-order valence-corrected chi connectivity index (χ3v) is 6.88. The van der Waals surface area contributed by atoms with Crippen LogP contribution in [0.4, 0.5) is 17.1 Å². The number of carboxylic acid groups (broad SMARTS) is 1. The lowest BCUT2D eigenvalue weighted by molar-refractivity contribution is -0.129. The van der Waals surface area contributed by atoms with E-state index < -0.39 is 11.9 Å². The molecule has 0 unspecified atom stereocenters. The fourth-order valence-electron chi connectivity index (χ4n) is 5.07. The van der Waals surface area contributed by atoms with Crippen LogP contribution >= 0.6 is 0 Å². The Morgan fingerprint density at radius 2 is 1.53 bits per heavy atom. The Kier molecular flexibility index (Phi) is 6.06. The van der Waals surface area contributed by atoms with Crippen LogP contribution < -0.4 is 9.91 Å². The molecule has 2 heterocycles. The summed E-state index contributed by atoms with van der Waals surface area (Å²) in [6, 6.07) is 33.8. The molecule has 38 heavy (non-hydrogen) atoms. The molecule has 6 nitrogen and oxygen atoms in total. The molecule has 0 atom stereocenters. The van der Waals surface area contributed by atoms with Crippen molar-refractivity contribution in [1.29, 1.82) is 0 Å². The molecule has 4 aromatic carbocycles. The minimum atomic E-state index is -1.23. The van der Waals surface area contributed by atoms with Crippen LogP contribution in [-0.4, -0.2) is 29.2 Å². The van der Waals surface area contributed by atoms with Gasteiger partial charge in [0.15, 0.2) is 5.71 Å². The first kappa shape index (κ1) is 23.4. The molecular weight excluding hydrogens is 474 g/mol. The van der Waals surface area contributed by atoms with Crippen molar-refractivity contribution in [2.75, 3.05) is 16.5 Å². The highest BCUT2D eigenvalue weighted by Gasteiger charge is 2.35. The number of benzene rings is 4. The molecule has 0 saturated carbocycles. The van der Waals surface area contributed by atoms with Crippen LogP contribution in [0, 0.1) is 0 Å². The van der Waals surface area contributed by atoms with Gasteiger partial charge in [0.1, 0.15) is 0 Å². The molecule has 1 amide bonds. The lowest BCUT2D eigenvalue weighted by Gasteiger charge is -2.32. The van der Waals surface area contributed by atoms with Crippen molar-refractivity contribution in [2.45, 2.75) is 12.8 Å². The molecule has 0 spiro atoms. The van der Waals surface area contributed by atoms with E-state index in [0.29, 0.717) is 5.69 Å². The van der Waals surface area contributed by atoms with Gasteiger partial charge in [0, 0.05) is 17.9 Å². The minimum Gasteiger partial charge on any atom is -0.476 e. The largest absolute Gasteiger partial charge is 0.476 e. The van der Waals surface area contributed by atoms with E-state index in [1.165, 1.54) is 11.1 Å². The maximum atomic E-state index is 13.2. The van der Waals surface area contributed by atoms with Crippen molar-refractivity contribution >= 4 is 40.7 Å². The van der Waals surface area contributed by atoms with Crippen LogP contribution in [0.5, 0.6) is 0 Å². The first-order valence-electron chi connectivity index (χ1n) is 12.6. The van der Waals surface area contributed by atoms with Gasteiger partial charge in [-0.1, -0.05) is 66.7 Å². The Morgan fingerprint density at radius 3 is 2.29 bits per heavy atom. The smallest absolute Gasteiger partial charge is 0.357 e. The van der Waals surface area contributed by atoms with Gasteiger partial charge >= 0.3 is 5.97 Å². The zero-order valence-corrected chi connectivity index (χ0v) is 20.6. The van der Waals surface area contributed by atoms with E-state index in [1.807, 2.05) is 36.4 Å². The fraction of sp³-hybridized carbons (Fsp3) is 0.0938. The number of anilines is 3.